The van der Waals surface area contributed by atoms with Gasteiger partial charge in [0.15, 0.2) is 0 Å². The number of fused-ring (bicyclic) bond motifs is 1. The molecular formula is C33H23N. The fourth-order valence-electron chi connectivity index (χ4n) is 4.56. The SMILES string of the molecule is c1ccc(-c2cccc(-c3cc4c(-c5ccccc5)cc(-c5ccccc5)cc4cn3)c2)cc1. The molecule has 0 N–H and O–H groups in total. The van der Waals surface area contributed by atoms with Crippen LogP contribution >= 0.6 is 0 Å². The van der Waals surface area contributed by atoms with Crippen LogP contribution in [0.2, 0.25) is 0 Å². The van der Waals surface area contributed by atoms with Crippen LogP contribution in [0.5, 0.6) is 0 Å². The van der Waals surface area contributed by atoms with E-state index in [9.17, 15) is 0 Å². The molecule has 34 heavy (non-hydrogen) atoms. The predicted octanol–water partition coefficient (Wildman–Crippen LogP) is 8.90. The molecule has 0 spiro atoms. The lowest BCUT2D eigenvalue weighted by atomic mass is 9.93. The monoisotopic (exact) mass is 433 g/mol. The lowest BCUT2D eigenvalue weighted by Gasteiger charge is -2.13. The molecule has 0 unspecified atom stereocenters. The summed E-state index contributed by atoms with van der Waals surface area (Å²) in [5, 5.41) is 2.35. The molecule has 0 radical (unpaired) electrons. The largest absolute Gasteiger partial charge is 0.256 e. The van der Waals surface area contributed by atoms with Crippen molar-refractivity contribution in [2.45, 2.75) is 0 Å². The highest BCUT2D eigenvalue weighted by molar-refractivity contribution is 6.01. The van der Waals surface area contributed by atoms with Crippen LogP contribution in [0, 0.1) is 0 Å². The van der Waals surface area contributed by atoms with Gasteiger partial charge in [0, 0.05) is 17.1 Å². The van der Waals surface area contributed by atoms with Crippen molar-refractivity contribution >= 4 is 10.8 Å². The Balaban J connectivity index is 1.53. The third-order valence-electron chi connectivity index (χ3n) is 6.29. The van der Waals surface area contributed by atoms with Gasteiger partial charge in [-0.3, -0.25) is 4.98 Å². The molecule has 1 heterocycles. The summed E-state index contributed by atoms with van der Waals surface area (Å²) in [5.74, 6) is 0. The summed E-state index contributed by atoms with van der Waals surface area (Å²) in [6, 6.07) is 47.1. The van der Waals surface area contributed by atoms with Crippen molar-refractivity contribution in [2.75, 3.05) is 0 Å². The first-order valence-electron chi connectivity index (χ1n) is 11.6. The van der Waals surface area contributed by atoms with Crippen molar-refractivity contribution in [1.29, 1.82) is 0 Å². The van der Waals surface area contributed by atoms with Gasteiger partial charge < -0.3 is 0 Å². The minimum absolute atomic E-state index is 0.981. The smallest absolute Gasteiger partial charge is 0.0708 e. The fraction of sp³-hybridized carbons (Fsp3) is 0. The number of pyridine rings is 1. The van der Waals surface area contributed by atoms with E-state index >= 15 is 0 Å². The number of benzene rings is 5. The van der Waals surface area contributed by atoms with Gasteiger partial charge in [-0.05, 0) is 63.0 Å². The van der Waals surface area contributed by atoms with E-state index in [0.29, 0.717) is 0 Å². The Hall–Kier alpha value is -4.49. The van der Waals surface area contributed by atoms with Gasteiger partial charge in [-0.15, -0.1) is 0 Å². The molecule has 0 saturated carbocycles. The number of hydrogen-bond donors (Lipinski definition) is 0. The third kappa shape index (κ3) is 3.89. The molecule has 5 aromatic carbocycles. The van der Waals surface area contributed by atoms with E-state index in [0.717, 1.165) is 16.6 Å². The van der Waals surface area contributed by atoms with E-state index in [1.807, 2.05) is 12.3 Å². The Morgan fingerprint density at radius 2 is 0.941 bits per heavy atom. The van der Waals surface area contributed by atoms with Crippen molar-refractivity contribution in [3.8, 4) is 44.6 Å². The van der Waals surface area contributed by atoms with Crippen LogP contribution in [0.4, 0.5) is 0 Å². The molecule has 0 fully saturated rings. The van der Waals surface area contributed by atoms with Crippen molar-refractivity contribution < 1.29 is 0 Å². The highest BCUT2D eigenvalue weighted by atomic mass is 14.7. The van der Waals surface area contributed by atoms with Crippen molar-refractivity contribution in [1.82, 2.24) is 4.98 Å². The molecule has 6 aromatic rings. The van der Waals surface area contributed by atoms with Crippen LogP contribution in [-0.2, 0) is 0 Å². The first kappa shape index (κ1) is 20.1. The summed E-state index contributed by atoms with van der Waals surface area (Å²) in [6.45, 7) is 0. The Labute approximate surface area is 200 Å². The average Bonchev–Trinajstić information content (AvgIpc) is 2.93. The summed E-state index contributed by atoms with van der Waals surface area (Å²) in [4.78, 5) is 4.88. The molecule has 0 aliphatic carbocycles. The first-order chi connectivity index (χ1) is 16.8. The van der Waals surface area contributed by atoms with E-state index in [4.69, 9.17) is 4.98 Å². The van der Waals surface area contributed by atoms with Gasteiger partial charge in [0.2, 0.25) is 0 Å². The number of nitrogens with zero attached hydrogens (tertiary/aromatic N) is 1. The maximum Gasteiger partial charge on any atom is 0.0708 e. The van der Waals surface area contributed by atoms with Gasteiger partial charge in [-0.1, -0.05) is 109 Å². The van der Waals surface area contributed by atoms with Crippen LogP contribution in [0.1, 0.15) is 0 Å². The summed E-state index contributed by atoms with van der Waals surface area (Å²) < 4.78 is 0. The minimum Gasteiger partial charge on any atom is -0.256 e. The van der Waals surface area contributed by atoms with Crippen LogP contribution in [0.25, 0.3) is 55.4 Å². The number of hydrogen-bond acceptors (Lipinski definition) is 1. The Morgan fingerprint density at radius 1 is 0.382 bits per heavy atom. The lowest BCUT2D eigenvalue weighted by molar-refractivity contribution is 1.36. The molecule has 0 atom stereocenters. The fourth-order valence-corrected chi connectivity index (χ4v) is 4.56. The van der Waals surface area contributed by atoms with E-state index in [2.05, 4.69) is 127 Å². The molecule has 0 saturated heterocycles. The molecule has 1 heteroatoms. The number of aromatic nitrogens is 1. The summed E-state index contributed by atoms with van der Waals surface area (Å²) in [5.41, 5.74) is 9.35. The predicted molar refractivity (Wildman–Crippen MR) is 143 cm³/mol. The van der Waals surface area contributed by atoms with Crippen LogP contribution in [0.3, 0.4) is 0 Å². The van der Waals surface area contributed by atoms with Gasteiger partial charge in [-0.2, -0.15) is 0 Å². The first-order valence-corrected chi connectivity index (χ1v) is 11.6. The zero-order valence-electron chi connectivity index (χ0n) is 18.7. The average molecular weight is 434 g/mol. The summed E-state index contributed by atoms with van der Waals surface area (Å²) in [7, 11) is 0. The van der Waals surface area contributed by atoms with E-state index in [-0.39, 0.29) is 0 Å². The van der Waals surface area contributed by atoms with Gasteiger partial charge in [-0.25, -0.2) is 0 Å². The number of rotatable bonds is 4. The maximum atomic E-state index is 4.88. The standard InChI is InChI=1S/C33H23N/c1-4-11-24(12-5-1)27-17-10-18-28(19-27)33-22-32-30(23-34-33)20-29(25-13-6-2-7-14-25)21-31(32)26-15-8-3-9-16-26/h1-23H. The Morgan fingerprint density at radius 3 is 1.62 bits per heavy atom. The normalized spacial score (nSPS) is 10.9. The molecule has 0 aliphatic rings. The zero-order valence-corrected chi connectivity index (χ0v) is 18.7. The molecule has 0 bridgehead atoms. The quantitative estimate of drug-likeness (QED) is 0.270. The highest BCUT2D eigenvalue weighted by Crippen LogP contribution is 2.36. The van der Waals surface area contributed by atoms with E-state index < -0.39 is 0 Å². The Bertz CT molecular complexity index is 1570. The van der Waals surface area contributed by atoms with Crippen LogP contribution < -0.4 is 0 Å². The molecule has 6 rings (SSSR count). The third-order valence-corrected chi connectivity index (χ3v) is 6.29. The topological polar surface area (TPSA) is 12.9 Å². The molecule has 1 aromatic heterocycles. The van der Waals surface area contributed by atoms with Gasteiger partial charge >= 0.3 is 0 Å². The molecular weight excluding hydrogens is 410 g/mol. The van der Waals surface area contributed by atoms with E-state index in [1.165, 1.54) is 38.8 Å². The molecule has 0 aliphatic heterocycles. The molecule has 160 valence electrons. The molecule has 0 amide bonds. The zero-order chi connectivity index (χ0) is 22.7. The van der Waals surface area contributed by atoms with Crippen molar-refractivity contribution in [3.05, 3.63) is 140 Å². The Kier molecular flexibility index (Phi) is 5.21. The second-order valence-electron chi connectivity index (χ2n) is 8.49. The van der Waals surface area contributed by atoms with Gasteiger partial charge in [0.05, 0.1) is 5.69 Å². The second-order valence-corrected chi connectivity index (χ2v) is 8.49. The summed E-state index contributed by atoms with van der Waals surface area (Å²) in [6.07, 6.45) is 2.01. The van der Waals surface area contributed by atoms with E-state index in [1.54, 1.807) is 0 Å². The molecule has 1 nitrogen and oxygen atoms in total. The minimum atomic E-state index is 0.981. The van der Waals surface area contributed by atoms with Crippen molar-refractivity contribution in [3.63, 3.8) is 0 Å². The second kappa shape index (κ2) is 8.80. The highest BCUT2D eigenvalue weighted by Gasteiger charge is 2.11. The summed E-state index contributed by atoms with van der Waals surface area (Å²) >= 11 is 0. The lowest BCUT2D eigenvalue weighted by Crippen LogP contribution is -1.90. The van der Waals surface area contributed by atoms with Crippen LogP contribution in [0.15, 0.2) is 140 Å². The van der Waals surface area contributed by atoms with Crippen molar-refractivity contribution in [2.24, 2.45) is 0 Å². The maximum absolute atomic E-state index is 4.88. The van der Waals surface area contributed by atoms with Gasteiger partial charge in [0.25, 0.3) is 0 Å². The van der Waals surface area contributed by atoms with Crippen LogP contribution in [-0.4, -0.2) is 4.98 Å². The van der Waals surface area contributed by atoms with Gasteiger partial charge in [0.1, 0.15) is 0 Å².